The molecule has 2 N–H and O–H groups in total. The second-order valence-electron chi connectivity index (χ2n) is 4.12. The normalized spacial score (nSPS) is 11.9. The van der Waals surface area contributed by atoms with Gasteiger partial charge in [0, 0.05) is 10.6 Å². The van der Waals surface area contributed by atoms with Crippen LogP contribution in [0.2, 0.25) is 5.02 Å². The number of carboxylic acid groups (broad SMARTS) is 1. The fourth-order valence-corrected chi connectivity index (χ4v) is 1.88. The number of carboxylic acids is 1. The Morgan fingerprint density at radius 3 is 2.68 bits per heavy atom. The molecule has 0 aliphatic heterocycles. The second-order valence-corrected chi connectivity index (χ2v) is 4.53. The van der Waals surface area contributed by atoms with Crippen molar-refractivity contribution in [3.05, 3.63) is 34.6 Å². The van der Waals surface area contributed by atoms with Crippen molar-refractivity contribution in [3.63, 3.8) is 0 Å². The number of amides is 1. The van der Waals surface area contributed by atoms with Crippen molar-refractivity contribution in [2.24, 2.45) is 0 Å². The van der Waals surface area contributed by atoms with Gasteiger partial charge >= 0.3 is 5.97 Å². The Balaban J connectivity index is 2.72. The number of aliphatic carboxylic acids is 1. The van der Waals surface area contributed by atoms with E-state index in [-0.39, 0.29) is 17.0 Å². The number of halogens is 2. The Morgan fingerprint density at radius 1 is 1.47 bits per heavy atom. The van der Waals surface area contributed by atoms with Crippen molar-refractivity contribution in [1.29, 1.82) is 0 Å². The quantitative estimate of drug-likeness (QED) is 0.844. The molecule has 1 aromatic carbocycles. The molecular formula is C13H15ClFNO3. The number of nitrogens with one attached hydrogen (secondary N) is 1. The molecule has 0 fully saturated rings. The van der Waals surface area contributed by atoms with Gasteiger partial charge in [0.15, 0.2) is 0 Å². The first kappa shape index (κ1) is 15.4. The van der Waals surface area contributed by atoms with Crippen LogP contribution in [0.1, 0.15) is 25.3 Å². The predicted octanol–water partition coefficient (Wildman–Crippen LogP) is 2.39. The number of rotatable bonds is 6. The van der Waals surface area contributed by atoms with E-state index in [1.165, 1.54) is 18.2 Å². The van der Waals surface area contributed by atoms with Gasteiger partial charge < -0.3 is 10.4 Å². The maximum atomic E-state index is 13.5. The van der Waals surface area contributed by atoms with Gasteiger partial charge in [-0.05, 0) is 18.6 Å². The summed E-state index contributed by atoms with van der Waals surface area (Å²) in [6.07, 6.45) is 0.669. The zero-order valence-corrected chi connectivity index (χ0v) is 11.2. The van der Waals surface area contributed by atoms with E-state index in [9.17, 15) is 14.0 Å². The maximum absolute atomic E-state index is 13.5. The van der Waals surface area contributed by atoms with Crippen LogP contribution < -0.4 is 5.32 Å². The summed E-state index contributed by atoms with van der Waals surface area (Å²) in [5.74, 6) is -2.24. The van der Waals surface area contributed by atoms with Crippen LogP contribution in [0.5, 0.6) is 0 Å². The third-order valence-electron chi connectivity index (χ3n) is 2.61. The summed E-state index contributed by atoms with van der Waals surface area (Å²) >= 11 is 5.80. The molecule has 0 aromatic heterocycles. The number of carbonyl (C=O) groups is 2. The van der Waals surface area contributed by atoms with Gasteiger partial charge in [-0.3, -0.25) is 4.79 Å². The van der Waals surface area contributed by atoms with E-state index < -0.39 is 23.7 Å². The Kier molecular flexibility index (Phi) is 5.76. The average Bonchev–Trinajstić information content (AvgIpc) is 2.33. The molecule has 0 unspecified atom stereocenters. The van der Waals surface area contributed by atoms with Crippen molar-refractivity contribution in [2.45, 2.75) is 32.2 Å². The molecule has 19 heavy (non-hydrogen) atoms. The monoisotopic (exact) mass is 287 g/mol. The highest BCUT2D eigenvalue weighted by Gasteiger charge is 2.20. The maximum Gasteiger partial charge on any atom is 0.326 e. The molecule has 0 aliphatic rings. The molecule has 1 rings (SSSR count). The van der Waals surface area contributed by atoms with E-state index in [1.54, 1.807) is 0 Å². The topological polar surface area (TPSA) is 66.4 Å². The minimum Gasteiger partial charge on any atom is -0.480 e. The van der Waals surface area contributed by atoms with Crippen LogP contribution in [-0.4, -0.2) is 23.0 Å². The van der Waals surface area contributed by atoms with Gasteiger partial charge in [0.25, 0.3) is 0 Å². The molecular weight excluding hydrogens is 273 g/mol. The molecule has 6 heteroatoms. The summed E-state index contributed by atoms with van der Waals surface area (Å²) in [5, 5.41) is 11.4. The van der Waals surface area contributed by atoms with Crippen molar-refractivity contribution >= 4 is 23.5 Å². The highest BCUT2D eigenvalue weighted by atomic mass is 35.5. The summed E-state index contributed by atoms with van der Waals surface area (Å²) in [5.41, 5.74) is 0.0716. The zero-order valence-electron chi connectivity index (χ0n) is 10.5. The molecule has 0 radical (unpaired) electrons. The molecule has 0 saturated carbocycles. The molecule has 4 nitrogen and oxygen atoms in total. The van der Waals surface area contributed by atoms with E-state index >= 15 is 0 Å². The lowest BCUT2D eigenvalue weighted by Gasteiger charge is -2.14. The second kappa shape index (κ2) is 7.09. The highest BCUT2D eigenvalue weighted by Crippen LogP contribution is 2.19. The molecule has 1 amide bonds. The Labute approximate surface area is 115 Å². The summed E-state index contributed by atoms with van der Waals surface area (Å²) in [6.45, 7) is 1.82. The molecule has 0 aliphatic carbocycles. The fourth-order valence-electron chi connectivity index (χ4n) is 1.65. The van der Waals surface area contributed by atoms with Gasteiger partial charge in [-0.1, -0.05) is 31.0 Å². The van der Waals surface area contributed by atoms with Gasteiger partial charge in [0.05, 0.1) is 6.42 Å². The summed E-state index contributed by atoms with van der Waals surface area (Å²) in [6, 6.07) is 3.17. The molecule has 0 saturated heterocycles. The van der Waals surface area contributed by atoms with Gasteiger partial charge in [-0.15, -0.1) is 0 Å². The highest BCUT2D eigenvalue weighted by molar-refractivity contribution is 6.31. The molecule has 1 aromatic rings. The molecule has 0 spiro atoms. The van der Waals surface area contributed by atoms with E-state index in [0.717, 1.165) is 0 Å². The molecule has 0 heterocycles. The van der Waals surface area contributed by atoms with E-state index in [1.807, 2.05) is 6.92 Å². The number of benzene rings is 1. The van der Waals surface area contributed by atoms with Crippen LogP contribution in [0.3, 0.4) is 0 Å². The fraction of sp³-hybridized carbons (Fsp3) is 0.385. The summed E-state index contributed by atoms with van der Waals surface area (Å²) in [4.78, 5) is 22.6. The first-order valence-corrected chi connectivity index (χ1v) is 6.28. The SMILES string of the molecule is CCC[C@H](NC(=O)Cc1c(F)cccc1Cl)C(=O)O. The van der Waals surface area contributed by atoms with Crippen LogP contribution >= 0.6 is 11.6 Å². The van der Waals surface area contributed by atoms with Crippen LogP contribution in [-0.2, 0) is 16.0 Å². The minimum absolute atomic E-state index is 0.0716. The standard InChI is InChI=1S/C13H15ClFNO3/c1-2-4-11(13(18)19)16-12(17)7-8-9(14)5-3-6-10(8)15/h3,5-6,11H,2,4,7H2,1H3,(H,16,17)(H,18,19)/t11-/m0/s1. The van der Waals surface area contributed by atoms with E-state index in [0.29, 0.717) is 12.8 Å². The number of carbonyl (C=O) groups excluding carboxylic acids is 1. The summed E-state index contributed by atoms with van der Waals surface area (Å²) < 4.78 is 13.5. The van der Waals surface area contributed by atoms with Crippen molar-refractivity contribution in [1.82, 2.24) is 5.32 Å². The van der Waals surface area contributed by atoms with Gasteiger partial charge in [0.2, 0.25) is 5.91 Å². The van der Waals surface area contributed by atoms with Gasteiger partial charge in [-0.25, -0.2) is 9.18 Å². The minimum atomic E-state index is -1.10. The Morgan fingerprint density at radius 2 is 2.16 bits per heavy atom. The van der Waals surface area contributed by atoms with Gasteiger partial charge in [0.1, 0.15) is 11.9 Å². The van der Waals surface area contributed by atoms with Crippen LogP contribution in [0.25, 0.3) is 0 Å². The third kappa shape index (κ3) is 4.52. The number of hydrogen-bond acceptors (Lipinski definition) is 2. The zero-order chi connectivity index (χ0) is 14.4. The summed E-state index contributed by atoms with van der Waals surface area (Å²) in [7, 11) is 0. The lowest BCUT2D eigenvalue weighted by Crippen LogP contribution is -2.41. The van der Waals surface area contributed by atoms with Crippen molar-refractivity contribution in [2.75, 3.05) is 0 Å². The largest absolute Gasteiger partial charge is 0.480 e. The molecule has 1 atom stereocenters. The first-order chi connectivity index (χ1) is 8.95. The first-order valence-electron chi connectivity index (χ1n) is 5.90. The predicted molar refractivity (Wildman–Crippen MR) is 69.6 cm³/mol. The van der Waals surface area contributed by atoms with Gasteiger partial charge in [-0.2, -0.15) is 0 Å². The average molecular weight is 288 g/mol. The van der Waals surface area contributed by atoms with Crippen LogP contribution in [0.15, 0.2) is 18.2 Å². The smallest absolute Gasteiger partial charge is 0.326 e. The molecule has 0 bridgehead atoms. The van der Waals surface area contributed by atoms with Crippen LogP contribution in [0, 0.1) is 5.82 Å². The van der Waals surface area contributed by atoms with E-state index in [2.05, 4.69) is 5.32 Å². The number of hydrogen-bond donors (Lipinski definition) is 2. The lowest BCUT2D eigenvalue weighted by molar-refractivity contribution is -0.141. The lowest BCUT2D eigenvalue weighted by atomic mass is 10.1. The van der Waals surface area contributed by atoms with Crippen LogP contribution in [0.4, 0.5) is 4.39 Å². The van der Waals surface area contributed by atoms with Crippen molar-refractivity contribution < 1.29 is 19.1 Å². The third-order valence-corrected chi connectivity index (χ3v) is 2.96. The van der Waals surface area contributed by atoms with E-state index in [4.69, 9.17) is 16.7 Å². The Bertz CT molecular complexity index is 459. The Hall–Kier alpha value is -1.62. The van der Waals surface area contributed by atoms with Crippen molar-refractivity contribution in [3.8, 4) is 0 Å². The molecule has 104 valence electrons.